The van der Waals surface area contributed by atoms with Gasteiger partial charge < -0.3 is 10.2 Å². The van der Waals surface area contributed by atoms with Gasteiger partial charge in [0.2, 0.25) is 5.91 Å². The second kappa shape index (κ2) is 6.75. The van der Waals surface area contributed by atoms with Gasteiger partial charge in [0.15, 0.2) is 5.82 Å². The van der Waals surface area contributed by atoms with Gasteiger partial charge in [0, 0.05) is 13.1 Å². The van der Waals surface area contributed by atoms with E-state index >= 15 is 0 Å². The van der Waals surface area contributed by atoms with Crippen LogP contribution in [0.3, 0.4) is 0 Å². The van der Waals surface area contributed by atoms with Gasteiger partial charge >= 0.3 is 0 Å². The molecule has 2 rings (SSSR count). The minimum atomic E-state index is -0.0216. The zero-order chi connectivity index (χ0) is 13.7. The summed E-state index contributed by atoms with van der Waals surface area (Å²) < 4.78 is 0. The Morgan fingerprint density at radius 2 is 2.26 bits per heavy atom. The van der Waals surface area contributed by atoms with Crippen molar-refractivity contribution in [3.05, 3.63) is 12.5 Å². The fourth-order valence-corrected chi connectivity index (χ4v) is 2.87. The van der Waals surface area contributed by atoms with Crippen LogP contribution < -0.4 is 10.2 Å². The van der Waals surface area contributed by atoms with Gasteiger partial charge in [-0.25, -0.2) is 9.97 Å². The monoisotopic (exact) mass is 280 g/mol. The second-order valence-electron chi connectivity index (χ2n) is 4.58. The van der Waals surface area contributed by atoms with Crippen molar-refractivity contribution >= 4 is 29.2 Å². The lowest BCUT2D eigenvalue weighted by molar-refractivity contribution is -0.115. The van der Waals surface area contributed by atoms with Crippen molar-refractivity contribution < 1.29 is 4.79 Å². The van der Waals surface area contributed by atoms with Crippen molar-refractivity contribution in [2.24, 2.45) is 0 Å². The van der Waals surface area contributed by atoms with Crippen LogP contribution in [0.2, 0.25) is 0 Å². The number of nitrogens with zero attached hydrogens (tertiary/aromatic N) is 3. The number of hydrogen-bond acceptors (Lipinski definition) is 5. The normalized spacial score (nSPS) is 16.4. The molecule has 1 aliphatic rings. The summed E-state index contributed by atoms with van der Waals surface area (Å²) in [6.07, 6.45) is 8.36. The van der Waals surface area contributed by atoms with Crippen LogP contribution in [0.4, 0.5) is 11.5 Å². The van der Waals surface area contributed by atoms with E-state index in [1.165, 1.54) is 19.2 Å². The Morgan fingerprint density at radius 1 is 1.53 bits per heavy atom. The molecule has 0 spiro atoms. The van der Waals surface area contributed by atoms with Gasteiger partial charge in [-0.3, -0.25) is 4.79 Å². The Morgan fingerprint density at radius 3 is 2.89 bits per heavy atom. The summed E-state index contributed by atoms with van der Waals surface area (Å²) in [6.45, 7) is 4.02. The van der Waals surface area contributed by atoms with E-state index in [0.717, 1.165) is 31.0 Å². The highest BCUT2D eigenvalue weighted by molar-refractivity contribution is 7.99. The zero-order valence-corrected chi connectivity index (χ0v) is 12.2. The van der Waals surface area contributed by atoms with Gasteiger partial charge in [0.25, 0.3) is 0 Å². The zero-order valence-electron chi connectivity index (χ0n) is 11.4. The molecule has 0 radical (unpaired) electrons. The first-order valence-corrected chi connectivity index (χ1v) is 7.93. The summed E-state index contributed by atoms with van der Waals surface area (Å²) in [7, 11) is 0. The van der Waals surface area contributed by atoms with Gasteiger partial charge in [0.1, 0.15) is 12.0 Å². The van der Waals surface area contributed by atoms with Crippen LogP contribution in [-0.4, -0.2) is 40.5 Å². The lowest BCUT2D eigenvalue weighted by Crippen LogP contribution is -2.27. The third kappa shape index (κ3) is 3.37. The van der Waals surface area contributed by atoms with Crippen LogP contribution >= 0.6 is 11.8 Å². The molecule has 0 aromatic carbocycles. The number of aromatic nitrogens is 2. The van der Waals surface area contributed by atoms with Crippen molar-refractivity contribution in [2.45, 2.75) is 31.4 Å². The topological polar surface area (TPSA) is 58.1 Å². The van der Waals surface area contributed by atoms with Crippen LogP contribution in [0.5, 0.6) is 0 Å². The number of carbonyl (C=O) groups is 1. The number of hydrogen-bond donors (Lipinski definition) is 1. The van der Waals surface area contributed by atoms with Crippen LogP contribution in [0, 0.1) is 0 Å². The van der Waals surface area contributed by atoms with Crippen LogP contribution in [0.15, 0.2) is 12.5 Å². The number of amides is 1. The summed E-state index contributed by atoms with van der Waals surface area (Å²) in [6, 6.07) is 0. The van der Waals surface area contributed by atoms with Crippen LogP contribution in [-0.2, 0) is 4.79 Å². The molecule has 0 aliphatic carbocycles. The maximum Gasteiger partial charge on any atom is 0.237 e. The number of anilines is 2. The van der Waals surface area contributed by atoms with Gasteiger partial charge in [-0.2, -0.15) is 11.8 Å². The summed E-state index contributed by atoms with van der Waals surface area (Å²) in [4.78, 5) is 22.7. The SMILES string of the molecule is CC[C@H](SC)C(=O)Nc1cncnc1N1CCCC1. The van der Waals surface area contributed by atoms with E-state index < -0.39 is 0 Å². The predicted octanol–water partition coefficient (Wildman–Crippen LogP) is 2.16. The summed E-state index contributed by atoms with van der Waals surface area (Å²) in [5.41, 5.74) is 0.724. The molecule has 0 bridgehead atoms. The van der Waals surface area contributed by atoms with Crippen molar-refractivity contribution in [2.75, 3.05) is 29.6 Å². The number of thioether (sulfide) groups is 1. The van der Waals surface area contributed by atoms with E-state index in [2.05, 4.69) is 20.2 Å². The van der Waals surface area contributed by atoms with E-state index in [0.29, 0.717) is 0 Å². The quantitative estimate of drug-likeness (QED) is 0.895. The van der Waals surface area contributed by atoms with Gasteiger partial charge in [-0.1, -0.05) is 6.92 Å². The Balaban J connectivity index is 2.13. The molecule has 19 heavy (non-hydrogen) atoms. The predicted molar refractivity (Wildman–Crippen MR) is 79.7 cm³/mol. The van der Waals surface area contributed by atoms with Crippen LogP contribution in [0.1, 0.15) is 26.2 Å². The van der Waals surface area contributed by atoms with E-state index in [9.17, 15) is 4.79 Å². The molecule has 6 heteroatoms. The molecular weight excluding hydrogens is 260 g/mol. The average Bonchev–Trinajstić information content (AvgIpc) is 2.94. The molecule has 2 heterocycles. The fraction of sp³-hybridized carbons (Fsp3) is 0.615. The summed E-state index contributed by atoms with van der Waals surface area (Å²) in [5.74, 6) is 0.877. The molecule has 1 saturated heterocycles. The van der Waals surface area contributed by atoms with Gasteiger partial charge in [0.05, 0.1) is 11.4 Å². The van der Waals surface area contributed by atoms with Crippen molar-refractivity contribution in [1.82, 2.24) is 9.97 Å². The fourth-order valence-electron chi connectivity index (χ4n) is 2.26. The first-order chi connectivity index (χ1) is 9.26. The van der Waals surface area contributed by atoms with E-state index in [4.69, 9.17) is 0 Å². The second-order valence-corrected chi connectivity index (χ2v) is 5.62. The van der Waals surface area contributed by atoms with Gasteiger partial charge in [-0.05, 0) is 25.5 Å². The molecular formula is C13H20N4OS. The molecule has 0 saturated carbocycles. The van der Waals surface area contributed by atoms with E-state index in [-0.39, 0.29) is 11.2 Å². The minimum Gasteiger partial charge on any atom is -0.355 e. The Labute approximate surface area is 118 Å². The van der Waals surface area contributed by atoms with Gasteiger partial charge in [-0.15, -0.1) is 0 Å². The molecule has 1 fully saturated rings. The maximum atomic E-state index is 12.1. The maximum absolute atomic E-state index is 12.1. The van der Waals surface area contributed by atoms with Crippen molar-refractivity contribution in [3.8, 4) is 0 Å². The number of rotatable bonds is 5. The highest BCUT2D eigenvalue weighted by atomic mass is 32.2. The lowest BCUT2D eigenvalue weighted by atomic mass is 10.3. The lowest BCUT2D eigenvalue weighted by Gasteiger charge is -2.20. The molecule has 1 N–H and O–H groups in total. The third-order valence-electron chi connectivity index (χ3n) is 3.30. The van der Waals surface area contributed by atoms with Crippen LogP contribution in [0.25, 0.3) is 0 Å². The Hall–Kier alpha value is -1.30. The molecule has 1 aliphatic heterocycles. The molecule has 0 unspecified atom stereocenters. The smallest absolute Gasteiger partial charge is 0.237 e. The highest BCUT2D eigenvalue weighted by Crippen LogP contribution is 2.26. The molecule has 1 aromatic heterocycles. The first-order valence-electron chi connectivity index (χ1n) is 6.65. The van der Waals surface area contributed by atoms with E-state index in [1.54, 1.807) is 18.0 Å². The average molecular weight is 280 g/mol. The number of carbonyl (C=O) groups excluding carboxylic acids is 1. The molecule has 104 valence electrons. The van der Waals surface area contributed by atoms with Crippen molar-refractivity contribution in [1.29, 1.82) is 0 Å². The Bertz CT molecular complexity index is 430. The first kappa shape index (κ1) is 14.1. The largest absolute Gasteiger partial charge is 0.355 e. The molecule has 1 atom stereocenters. The molecule has 1 aromatic rings. The minimum absolute atomic E-state index is 0.0216. The highest BCUT2D eigenvalue weighted by Gasteiger charge is 2.21. The third-order valence-corrected chi connectivity index (χ3v) is 4.42. The number of nitrogens with one attached hydrogen (secondary N) is 1. The molecule has 1 amide bonds. The summed E-state index contributed by atoms with van der Waals surface area (Å²) >= 11 is 1.57. The van der Waals surface area contributed by atoms with Crippen molar-refractivity contribution in [3.63, 3.8) is 0 Å². The van der Waals surface area contributed by atoms with E-state index in [1.807, 2.05) is 13.2 Å². The molecule has 5 nitrogen and oxygen atoms in total. The Kier molecular flexibility index (Phi) is 5.01. The summed E-state index contributed by atoms with van der Waals surface area (Å²) in [5, 5.41) is 2.94. The standard InChI is InChI=1S/C13H20N4OS/c1-3-11(19-2)13(18)16-10-8-14-9-15-12(10)17-6-4-5-7-17/h8-9,11H,3-7H2,1-2H3,(H,16,18)/t11-/m0/s1.